The number of halogens is 1. The first-order valence-corrected chi connectivity index (χ1v) is 8.21. The fraction of sp³-hybridized carbons (Fsp3) is 0.375. The predicted octanol–water partition coefficient (Wildman–Crippen LogP) is 4.36. The Bertz CT molecular complexity index is 602. The Morgan fingerprint density at radius 1 is 1.33 bits per heavy atom. The Hall–Kier alpha value is -1.37. The van der Waals surface area contributed by atoms with Crippen molar-refractivity contribution in [3.05, 3.63) is 34.0 Å². The number of hydrogen-bond acceptors (Lipinski definition) is 4. The highest BCUT2D eigenvalue weighted by molar-refractivity contribution is 14.1. The molecule has 0 aliphatic heterocycles. The van der Waals surface area contributed by atoms with Gasteiger partial charge in [-0.05, 0) is 55.0 Å². The molecule has 0 atom stereocenters. The second kappa shape index (κ2) is 7.59. The lowest BCUT2D eigenvalue weighted by atomic mass is 10.2. The van der Waals surface area contributed by atoms with Crippen molar-refractivity contribution in [2.24, 2.45) is 0 Å². The van der Waals surface area contributed by atoms with E-state index in [1.165, 1.54) is 0 Å². The van der Waals surface area contributed by atoms with Gasteiger partial charge in [-0.15, -0.1) is 0 Å². The van der Waals surface area contributed by atoms with Crippen LogP contribution in [0.4, 0.5) is 5.82 Å². The van der Waals surface area contributed by atoms with E-state index in [1.807, 2.05) is 44.3 Å². The van der Waals surface area contributed by atoms with Gasteiger partial charge in [0, 0.05) is 18.3 Å². The average Bonchev–Trinajstić information content (AvgIpc) is 2.46. The fourth-order valence-electron chi connectivity index (χ4n) is 1.85. The van der Waals surface area contributed by atoms with E-state index in [0.29, 0.717) is 5.82 Å². The van der Waals surface area contributed by atoms with Gasteiger partial charge in [-0.2, -0.15) is 0 Å². The number of aromatic nitrogens is 2. The van der Waals surface area contributed by atoms with Gasteiger partial charge in [-0.3, -0.25) is 0 Å². The van der Waals surface area contributed by atoms with Crippen LogP contribution in [0.2, 0.25) is 0 Å². The minimum Gasteiger partial charge on any atom is -0.491 e. The van der Waals surface area contributed by atoms with E-state index in [9.17, 15) is 0 Å². The van der Waals surface area contributed by atoms with Gasteiger partial charge >= 0.3 is 0 Å². The minimum absolute atomic E-state index is 0.152. The van der Waals surface area contributed by atoms with Crippen LogP contribution in [0.15, 0.2) is 30.5 Å². The first-order valence-electron chi connectivity index (χ1n) is 7.13. The van der Waals surface area contributed by atoms with Gasteiger partial charge in [0.25, 0.3) is 0 Å². The summed E-state index contributed by atoms with van der Waals surface area (Å²) in [5.74, 6) is 2.44. The van der Waals surface area contributed by atoms with Crippen LogP contribution in [-0.4, -0.2) is 22.6 Å². The molecule has 1 heterocycles. The number of nitrogens with one attached hydrogen (secondary N) is 1. The van der Waals surface area contributed by atoms with E-state index in [0.717, 1.165) is 33.7 Å². The predicted molar refractivity (Wildman–Crippen MR) is 94.7 cm³/mol. The molecular weight excluding hydrogens is 377 g/mol. The molecule has 0 aliphatic carbocycles. The minimum atomic E-state index is 0.152. The van der Waals surface area contributed by atoms with Gasteiger partial charge in [-0.1, -0.05) is 19.1 Å². The molecule has 1 N–H and O–H groups in total. The van der Waals surface area contributed by atoms with Crippen LogP contribution < -0.4 is 10.1 Å². The molecule has 5 heteroatoms. The molecule has 0 saturated carbocycles. The molecule has 4 nitrogen and oxygen atoms in total. The first kappa shape index (κ1) is 16.0. The summed E-state index contributed by atoms with van der Waals surface area (Å²) in [6, 6.07) is 7.89. The first-order chi connectivity index (χ1) is 10.1. The summed E-state index contributed by atoms with van der Waals surface area (Å²) >= 11 is 2.25. The topological polar surface area (TPSA) is 47.0 Å². The van der Waals surface area contributed by atoms with Crippen molar-refractivity contribution in [3.63, 3.8) is 0 Å². The molecule has 0 radical (unpaired) electrons. The van der Waals surface area contributed by atoms with Crippen LogP contribution in [-0.2, 0) is 0 Å². The molecule has 1 aromatic heterocycles. The molecule has 0 spiro atoms. The molecule has 0 aliphatic rings. The molecule has 21 heavy (non-hydrogen) atoms. The Kier molecular flexibility index (Phi) is 5.78. The van der Waals surface area contributed by atoms with Crippen LogP contribution in [0.3, 0.4) is 0 Å². The molecule has 2 rings (SSSR count). The highest BCUT2D eigenvalue weighted by Gasteiger charge is 2.08. The van der Waals surface area contributed by atoms with Crippen molar-refractivity contribution >= 4 is 28.4 Å². The molecule has 0 unspecified atom stereocenters. The lowest BCUT2D eigenvalue weighted by Gasteiger charge is -2.11. The number of ether oxygens (including phenoxy) is 1. The molecule has 0 saturated heterocycles. The standard InChI is InChI=1S/C16H20IN3O/c1-4-8-18-16-14(17)10-19-15(20-16)12-6-5-7-13(9-12)21-11(2)3/h5-7,9-11H,4,8H2,1-3H3,(H,18,19,20). The average molecular weight is 397 g/mol. The van der Waals surface area contributed by atoms with Crippen molar-refractivity contribution in [2.75, 3.05) is 11.9 Å². The van der Waals surface area contributed by atoms with Crippen LogP contribution in [0.5, 0.6) is 5.75 Å². The summed E-state index contributed by atoms with van der Waals surface area (Å²) in [5.41, 5.74) is 0.962. The van der Waals surface area contributed by atoms with Gasteiger partial charge in [-0.25, -0.2) is 9.97 Å². The van der Waals surface area contributed by atoms with E-state index < -0.39 is 0 Å². The smallest absolute Gasteiger partial charge is 0.161 e. The molecule has 0 fully saturated rings. The van der Waals surface area contributed by atoms with Gasteiger partial charge < -0.3 is 10.1 Å². The summed E-state index contributed by atoms with van der Waals surface area (Å²) in [6.45, 7) is 7.07. The van der Waals surface area contributed by atoms with Crippen LogP contribution in [0, 0.1) is 3.57 Å². The maximum Gasteiger partial charge on any atom is 0.161 e. The summed E-state index contributed by atoms with van der Waals surface area (Å²) in [5, 5.41) is 3.33. The second-order valence-corrected chi connectivity index (χ2v) is 6.17. The van der Waals surface area contributed by atoms with Gasteiger partial charge in [0.2, 0.25) is 0 Å². The molecular formula is C16H20IN3O. The lowest BCUT2D eigenvalue weighted by molar-refractivity contribution is 0.242. The monoisotopic (exact) mass is 397 g/mol. The summed E-state index contributed by atoms with van der Waals surface area (Å²) < 4.78 is 6.75. The SMILES string of the molecule is CCCNc1nc(-c2cccc(OC(C)C)c2)ncc1I. The van der Waals surface area contributed by atoms with Crippen molar-refractivity contribution < 1.29 is 4.74 Å². The summed E-state index contributed by atoms with van der Waals surface area (Å²) in [6.07, 6.45) is 3.06. The quantitative estimate of drug-likeness (QED) is 0.736. The van der Waals surface area contributed by atoms with Crippen LogP contribution in [0.25, 0.3) is 11.4 Å². The molecule has 1 aromatic carbocycles. The van der Waals surface area contributed by atoms with Gasteiger partial charge in [0.15, 0.2) is 5.82 Å². The Balaban J connectivity index is 2.28. The van der Waals surface area contributed by atoms with E-state index >= 15 is 0 Å². The second-order valence-electron chi connectivity index (χ2n) is 5.01. The molecule has 112 valence electrons. The van der Waals surface area contributed by atoms with E-state index in [2.05, 4.69) is 44.8 Å². The summed E-state index contributed by atoms with van der Waals surface area (Å²) in [7, 11) is 0. The van der Waals surface area contributed by atoms with Crippen LogP contribution in [0.1, 0.15) is 27.2 Å². The normalized spacial score (nSPS) is 10.7. The lowest BCUT2D eigenvalue weighted by Crippen LogP contribution is -2.06. The number of anilines is 1. The van der Waals surface area contributed by atoms with Crippen molar-refractivity contribution in [1.29, 1.82) is 0 Å². The van der Waals surface area contributed by atoms with E-state index in [1.54, 1.807) is 0 Å². The molecule has 0 bridgehead atoms. The zero-order valence-electron chi connectivity index (χ0n) is 12.6. The largest absolute Gasteiger partial charge is 0.491 e. The van der Waals surface area contributed by atoms with Crippen molar-refractivity contribution in [3.8, 4) is 17.1 Å². The highest BCUT2D eigenvalue weighted by atomic mass is 127. The van der Waals surface area contributed by atoms with Crippen LogP contribution >= 0.6 is 22.6 Å². The molecule has 2 aromatic rings. The zero-order valence-corrected chi connectivity index (χ0v) is 14.7. The highest BCUT2D eigenvalue weighted by Crippen LogP contribution is 2.24. The third kappa shape index (κ3) is 4.56. The van der Waals surface area contributed by atoms with Crippen molar-refractivity contribution in [1.82, 2.24) is 9.97 Å². The van der Waals surface area contributed by atoms with E-state index in [-0.39, 0.29) is 6.10 Å². The summed E-state index contributed by atoms with van der Waals surface area (Å²) in [4.78, 5) is 9.04. The third-order valence-electron chi connectivity index (χ3n) is 2.75. The number of benzene rings is 1. The van der Waals surface area contributed by atoms with E-state index in [4.69, 9.17) is 4.74 Å². The zero-order chi connectivity index (χ0) is 15.2. The Morgan fingerprint density at radius 2 is 2.14 bits per heavy atom. The fourth-order valence-corrected chi connectivity index (χ4v) is 2.30. The number of rotatable bonds is 6. The third-order valence-corrected chi connectivity index (χ3v) is 3.54. The number of hydrogen-bond donors (Lipinski definition) is 1. The Labute approximate surface area is 139 Å². The van der Waals surface area contributed by atoms with Gasteiger partial charge in [0.05, 0.1) is 9.67 Å². The van der Waals surface area contributed by atoms with Crippen molar-refractivity contribution in [2.45, 2.75) is 33.3 Å². The maximum absolute atomic E-state index is 5.72. The number of nitrogens with zero attached hydrogens (tertiary/aromatic N) is 2. The van der Waals surface area contributed by atoms with Gasteiger partial charge in [0.1, 0.15) is 11.6 Å². The molecule has 0 amide bonds. The Morgan fingerprint density at radius 3 is 2.86 bits per heavy atom. The maximum atomic E-state index is 5.72.